The van der Waals surface area contributed by atoms with Crippen molar-refractivity contribution in [2.24, 2.45) is 0 Å². The summed E-state index contributed by atoms with van der Waals surface area (Å²) in [6, 6.07) is 32.6. The van der Waals surface area contributed by atoms with Gasteiger partial charge >= 0.3 is 49.0 Å². The Morgan fingerprint density at radius 3 is 1.35 bits per heavy atom. The number of carboxylic acid groups (broad SMARTS) is 1. The smallest absolute Gasteiger partial charge is 0.753 e. The summed E-state index contributed by atoms with van der Waals surface area (Å²) in [4.78, 5) is 49.4. The monoisotopic (exact) mass is 1190 g/mol. The van der Waals surface area contributed by atoms with Crippen LogP contribution in [-0.2, 0) is 37.1 Å². The number of pyridine rings is 4. The van der Waals surface area contributed by atoms with E-state index in [2.05, 4.69) is 126 Å². The van der Waals surface area contributed by atoms with Gasteiger partial charge in [0.2, 0.25) is 0 Å². The van der Waals surface area contributed by atoms with Crippen LogP contribution in [0.15, 0.2) is 122 Å². The van der Waals surface area contributed by atoms with Gasteiger partial charge in [0.05, 0.1) is 28.7 Å². The number of isothiocyanates is 2. The van der Waals surface area contributed by atoms with Crippen LogP contribution >= 0.6 is 69.8 Å². The van der Waals surface area contributed by atoms with E-state index in [1.807, 2.05) is 57.7 Å². The molecule has 0 amide bonds. The van der Waals surface area contributed by atoms with Gasteiger partial charge in [0, 0.05) is 75.4 Å². The van der Waals surface area contributed by atoms with Gasteiger partial charge in [-0.2, -0.15) is 10.3 Å². The number of carbonyl (C=O) groups is 2. The zero-order chi connectivity index (χ0) is 51.3. The van der Waals surface area contributed by atoms with E-state index in [-0.39, 0.29) is 54.6 Å². The molecular formula is C56H55N6NaO4RuS6. The molecule has 0 saturated heterocycles. The van der Waals surface area contributed by atoms with Crippen molar-refractivity contribution in [3.63, 3.8) is 0 Å². The van der Waals surface area contributed by atoms with Crippen molar-refractivity contribution in [2.45, 2.75) is 104 Å². The SMILES string of the molecule is CCCCCCCCc1ccc(-c2ccc(-c3ccnc(-c4cc(-c5ccc(-c6ccc(CCCCCCCC)s6)s5)ccn4)c3)s2)s1.O=COc1ccnc(-c2cc(C(=O)[O-])ccn2)c1.[N-]=C=S.[N-]=C=S.[Na+].[Ru+2]. The van der Waals surface area contributed by atoms with Crippen molar-refractivity contribution in [2.75, 3.05) is 0 Å². The minimum Gasteiger partial charge on any atom is -0.753 e. The largest absolute Gasteiger partial charge is 2.00 e. The molecule has 0 fully saturated rings. The molecule has 0 aliphatic rings. The van der Waals surface area contributed by atoms with Crippen LogP contribution in [0.2, 0.25) is 0 Å². The number of carbonyl (C=O) groups excluding carboxylic acids is 2. The van der Waals surface area contributed by atoms with Crippen molar-refractivity contribution < 1.29 is 68.5 Å². The number of hydrogen-bond donors (Lipinski definition) is 0. The van der Waals surface area contributed by atoms with E-state index in [1.165, 1.54) is 187 Å². The molecule has 0 spiro atoms. The van der Waals surface area contributed by atoms with Gasteiger partial charge in [-0.25, -0.2) is 0 Å². The topological polar surface area (TPSA) is 163 Å². The summed E-state index contributed by atoms with van der Waals surface area (Å²) in [5, 5.41) is 27.7. The number of unbranched alkanes of at least 4 members (excludes halogenated alkanes) is 10. The van der Waals surface area contributed by atoms with Crippen LogP contribution < -0.4 is 39.4 Å². The first-order valence-corrected chi connectivity index (χ1v) is 27.9. The third kappa shape index (κ3) is 21.3. The molecule has 378 valence electrons. The zero-order valence-corrected chi connectivity index (χ0v) is 50.3. The Balaban J connectivity index is 0.000000462. The van der Waals surface area contributed by atoms with Crippen LogP contribution in [0.1, 0.15) is 111 Å². The normalized spacial score (nSPS) is 10.0. The van der Waals surface area contributed by atoms with Crippen molar-refractivity contribution in [1.29, 1.82) is 0 Å². The van der Waals surface area contributed by atoms with E-state index >= 15 is 0 Å². The summed E-state index contributed by atoms with van der Waals surface area (Å²) in [5.74, 6) is -0.991. The fourth-order valence-corrected chi connectivity index (χ4v) is 11.8. The maximum atomic E-state index is 10.7. The summed E-state index contributed by atoms with van der Waals surface area (Å²) in [7, 11) is 0. The van der Waals surface area contributed by atoms with Crippen LogP contribution in [0.3, 0.4) is 0 Å². The summed E-state index contributed by atoms with van der Waals surface area (Å²) in [6.07, 6.45) is 25.2. The first-order valence-electron chi connectivity index (χ1n) is 23.8. The molecule has 0 unspecified atom stereocenters. The van der Waals surface area contributed by atoms with E-state index in [1.54, 1.807) is 0 Å². The summed E-state index contributed by atoms with van der Waals surface area (Å²) in [6.45, 7) is 4.86. The van der Waals surface area contributed by atoms with E-state index in [0.717, 1.165) is 11.4 Å². The molecule has 0 radical (unpaired) electrons. The molecule has 8 aromatic rings. The van der Waals surface area contributed by atoms with Crippen molar-refractivity contribution in [3.05, 3.63) is 148 Å². The van der Waals surface area contributed by atoms with Crippen LogP contribution in [-0.4, -0.2) is 42.7 Å². The number of aromatic nitrogens is 4. The summed E-state index contributed by atoms with van der Waals surface area (Å²) in [5.41, 5.74) is 4.97. The second-order valence-corrected chi connectivity index (χ2v) is 21.1. The standard InChI is InChI=1S/C42H48N2S4.C12H8N2O4.2CNS.Na.Ru/c1-3-5-7-9-11-13-15-33-17-19-39(45-33)41-23-21-37(47-41)31-25-27-43-35(29-31)36-30-32(26-28-44-36)38-22-24-42(48-38)40-20-18-34(46-40)16-14-12-10-8-6-4-2;15-7-18-9-2-4-14-11(6-9)10-5-8(12(16)17)1-3-13-10;2*2-1-3;;/h17-30H,3-16H2,1-2H3;1-7H,(H,16,17);;;;/q;;2*-1;+1;+2/p-1. The molecule has 0 aliphatic carbocycles. The molecular weight excluding hydrogens is 1140 g/mol. The molecule has 0 aromatic carbocycles. The Labute approximate surface area is 496 Å². The molecule has 0 bridgehead atoms. The van der Waals surface area contributed by atoms with Gasteiger partial charge in [0.15, 0.2) is 0 Å². The molecule has 18 heteroatoms. The van der Waals surface area contributed by atoms with Gasteiger partial charge in [-0.1, -0.05) is 102 Å². The Hall–Kier alpha value is -4.44. The third-order valence-electron chi connectivity index (χ3n) is 11.1. The van der Waals surface area contributed by atoms with Crippen molar-refractivity contribution in [1.82, 2.24) is 19.9 Å². The van der Waals surface area contributed by atoms with E-state index in [9.17, 15) is 14.7 Å². The van der Waals surface area contributed by atoms with Crippen molar-refractivity contribution in [3.8, 4) is 68.9 Å². The van der Waals surface area contributed by atoms with Crippen LogP contribution in [0, 0.1) is 0 Å². The molecule has 8 heterocycles. The molecule has 8 aromatic heterocycles. The molecule has 74 heavy (non-hydrogen) atoms. The quantitative estimate of drug-likeness (QED) is 0.0198. The molecule has 10 nitrogen and oxygen atoms in total. The fourth-order valence-electron chi connectivity index (χ4n) is 7.52. The minimum absolute atomic E-state index is 0. The van der Waals surface area contributed by atoms with Gasteiger partial charge in [-0.05, 0) is 128 Å². The predicted molar refractivity (Wildman–Crippen MR) is 305 cm³/mol. The van der Waals surface area contributed by atoms with Crippen molar-refractivity contribution >= 4 is 92.5 Å². The molecule has 8 rings (SSSR count). The third-order valence-corrected chi connectivity index (χ3v) is 16.0. The summed E-state index contributed by atoms with van der Waals surface area (Å²) >= 11 is 15.1. The second kappa shape index (κ2) is 36.5. The Kier molecular flexibility index (Phi) is 31.5. The number of aryl methyl sites for hydroxylation is 2. The average molecular weight is 1190 g/mol. The molecule has 0 N–H and O–H groups in total. The molecule has 0 atom stereocenters. The Bertz CT molecular complexity index is 2850. The maximum Gasteiger partial charge on any atom is 2.00 e. The maximum absolute atomic E-state index is 10.7. The number of nitrogens with zero attached hydrogens (tertiary/aromatic N) is 6. The zero-order valence-electron chi connectivity index (χ0n) is 41.6. The van der Waals surface area contributed by atoms with Crippen LogP contribution in [0.5, 0.6) is 5.75 Å². The van der Waals surface area contributed by atoms with Gasteiger partial charge in [0.25, 0.3) is 6.47 Å². The molecule has 0 aliphatic heterocycles. The minimum atomic E-state index is -1.29. The number of thiocarbonyl (C=S) groups is 2. The van der Waals surface area contributed by atoms with Crippen LogP contribution in [0.25, 0.3) is 74.0 Å². The number of thiophene rings is 4. The number of aromatic carboxylic acids is 1. The Morgan fingerprint density at radius 2 is 0.905 bits per heavy atom. The summed E-state index contributed by atoms with van der Waals surface area (Å²) < 4.78 is 4.67. The predicted octanol–water partition coefficient (Wildman–Crippen LogP) is 13.2. The number of ether oxygens (including phenoxy) is 1. The first-order chi connectivity index (χ1) is 35.2. The number of carboxylic acids is 1. The van der Waals surface area contributed by atoms with E-state index in [4.69, 9.17) is 20.8 Å². The van der Waals surface area contributed by atoms with E-state index < -0.39 is 5.97 Å². The number of rotatable bonds is 23. The van der Waals surface area contributed by atoms with Crippen LogP contribution in [0.4, 0.5) is 0 Å². The van der Waals surface area contributed by atoms with Gasteiger partial charge in [-0.15, -0.1) is 45.3 Å². The molecule has 0 saturated carbocycles. The van der Waals surface area contributed by atoms with Gasteiger partial charge in [-0.3, -0.25) is 24.7 Å². The fraction of sp³-hybridized carbons (Fsp3) is 0.286. The first kappa shape index (κ1) is 63.9. The van der Waals surface area contributed by atoms with Gasteiger partial charge < -0.3 is 25.5 Å². The Morgan fingerprint density at radius 1 is 0.541 bits per heavy atom. The van der Waals surface area contributed by atoms with E-state index in [0.29, 0.717) is 23.6 Å². The average Bonchev–Trinajstić information content (AvgIpc) is 4.26. The van der Waals surface area contributed by atoms with Gasteiger partial charge in [0.1, 0.15) is 5.75 Å². The second-order valence-electron chi connectivity index (χ2n) is 16.2. The number of hydrogen-bond acceptors (Lipinski definition) is 14.